The number of hydrogen-bond donors (Lipinski definition) is 2. The smallest absolute Gasteiger partial charge is 0.213 e. The number of methoxy groups -OCH3 is 1. The van der Waals surface area contributed by atoms with Crippen molar-refractivity contribution in [2.24, 2.45) is 4.99 Å². The van der Waals surface area contributed by atoms with Crippen LogP contribution in [0.15, 0.2) is 53.7 Å². The number of nitrogens with zero attached hydrogens (tertiary/aromatic N) is 2. The van der Waals surface area contributed by atoms with Crippen molar-refractivity contribution in [3.63, 3.8) is 0 Å². The Morgan fingerprint density at radius 3 is 2.67 bits per heavy atom. The van der Waals surface area contributed by atoms with Crippen molar-refractivity contribution in [1.82, 2.24) is 15.6 Å². The Bertz CT molecular complexity index is 623. The first kappa shape index (κ1) is 20.0. The van der Waals surface area contributed by atoms with Crippen LogP contribution in [0.2, 0.25) is 0 Å². The van der Waals surface area contributed by atoms with E-state index in [0.717, 1.165) is 17.3 Å². The molecule has 2 aromatic rings. The Morgan fingerprint density at radius 1 is 1.17 bits per heavy atom. The lowest BCUT2D eigenvalue weighted by molar-refractivity contribution is 0.322. The van der Waals surface area contributed by atoms with E-state index in [-0.39, 0.29) is 24.0 Å². The summed E-state index contributed by atoms with van der Waals surface area (Å²) in [4.78, 5) is 8.26. The third-order valence-electron chi connectivity index (χ3n) is 3.10. The summed E-state index contributed by atoms with van der Waals surface area (Å²) in [7, 11) is 3.34. The molecule has 0 bridgehead atoms. The normalized spacial score (nSPS) is 10.5. The first-order valence-corrected chi connectivity index (χ1v) is 7.43. The van der Waals surface area contributed by atoms with E-state index in [4.69, 9.17) is 9.47 Å². The second-order valence-corrected chi connectivity index (χ2v) is 4.72. The minimum absolute atomic E-state index is 0. The molecule has 1 aromatic heterocycles. The monoisotopic (exact) mass is 442 g/mol. The van der Waals surface area contributed by atoms with E-state index in [1.54, 1.807) is 20.4 Å². The van der Waals surface area contributed by atoms with E-state index in [2.05, 4.69) is 20.6 Å². The van der Waals surface area contributed by atoms with Crippen LogP contribution in [0, 0.1) is 0 Å². The van der Waals surface area contributed by atoms with Gasteiger partial charge in [0.05, 0.1) is 13.7 Å². The number of hydrogen-bond acceptors (Lipinski definition) is 4. The average Bonchev–Trinajstić information content (AvgIpc) is 2.62. The van der Waals surface area contributed by atoms with Gasteiger partial charge in [-0.25, -0.2) is 4.98 Å². The van der Waals surface area contributed by atoms with Gasteiger partial charge < -0.3 is 20.1 Å². The SMILES string of the molecule is CN=C(NCCOc1ccccc1)NCc1ccnc(OC)c1.I. The Labute approximate surface area is 159 Å². The number of aromatic nitrogens is 1. The molecule has 6 nitrogen and oxygen atoms in total. The maximum atomic E-state index is 5.62. The maximum Gasteiger partial charge on any atom is 0.213 e. The van der Waals surface area contributed by atoms with Crippen LogP contribution in [0.3, 0.4) is 0 Å². The molecule has 0 saturated carbocycles. The van der Waals surface area contributed by atoms with Crippen LogP contribution < -0.4 is 20.1 Å². The summed E-state index contributed by atoms with van der Waals surface area (Å²) in [6, 6.07) is 13.6. The fraction of sp³-hybridized carbons (Fsp3) is 0.294. The van der Waals surface area contributed by atoms with Crippen LogP contribution >= 0.6 is 24.0 Å². The van der Waals surface area contributed by atoms with Gasteiger partial charge in [0.1, 0.15) is 12.4 Å². The molecule has 1 aromatic carbocycles. The van der Waals surface area contributed by atoms with Crippen LogP contribution in [0.25, 0.3) is 0 Å². The van der Waals surface area contributed by atoms with Crippen molar-refractivity contribution >= 4 is 29.9 Å². The molecule has 24 heavy (non-hydrogen) atoms. The van der Waals surface area contributed by atoms with Crippen molar-refractivity contribution in [1.29, 1.82) is 0 Å². The predicted molar refractivity (Wildman–Crippen MR) is 106 cm³/mol. The van der Waals surface area contributed by atoms with Gasteiger partial charge in [0.25, 0.3) is 0 Å². The van der Waals surface area contributed by atoms with Crippen molar-refractivity contribution in [2.45, 2.75) is 6.54 Å². The molecule has 0 fully saturated rings. The minimum atomic E-state index is 0. The molecule has 2 N–H and O–H groups in total. The highest BCUT2D eigenvalue weighted by atomic mass is 127. The Hall–Kier alpha value is -2.03. The van der Waals surface area contributed by atoms with Gasteiger partial charge in [0.15, 0.2) is 5.96 Å². The molecular weight excluding hydrogens is 419 g/mol. The van der Waals surface area contributed by atoms with E-state index in [1.807, 2.05) is 42.5 Å². The third-order valence-corrected chi connectivity index (χ3v) is 3.10. The van der Waals surface area contributed by atoms with Crippen molar-refractivity contribution in [2.75, 3.05) is 27.3 Å². The largest absolute Gasteiger partial charge is 0.492 e. The highest BCUT2D eigenvalue weighted by molar-refractivity contribution is 14.0. The van der Waals surface area contributed by atoms with Crippen LogP contribution in [0.4, 0.5) is 0 Å². The summed E-state index contributed by atoms with van der Waals surface area (Å²) >= 11 is 0. The number of benzene rings is 1. The maximum absolute atomic E-state index is 5.62. The molecule has 0 saturated heterocycles. The number of rotatable bonds is 7. The lowest BCUT2D eigenvalue weighted by atomic mass is 10.2. The molecule has 7 heteroatoms. The van der Waals surface area contributed by atoms with Crippen molar-refractivity contribution < 1.29 is 9.47 Å². The first-order valence-electron chi connectivity index (χ1n) is 7.43. The molecule has 130 valence electrons. The lowest BCUT2D eigenvalue weighted by Gasteiger charge is -2.12. The van der Waals surface area contributed by atoms with Gasteiger partial charge in [-0.15, -0.1) is 24.0 Å². The molecule has 0 unspecified atom stereocenters. The molecule has 0 spiro atoms. The van der Waals surface area contributed by atoms with Crippen LogP contribution in [-0.2, 0) is 6.54 Å². The summed E-state index contributed by atoms with van der Waals surface area (Å²) in [5, 5.41) is 6.44. The van der Waals surface area contributed by atoms with E-state index in [0.29, 0.717) is 25.6 Å². The second kappa shape index (κ2) is 11.5. The molecular formula is C17H23IN4O2. The van der Waals surface area contributed by atoms with E-state index in [1.165, 1.54) is 0 Å². The zero-order valence-electron chi connectivity index (χ0n) is 13.9. The average molecular weight is 442 g/mol. The van der Waals surface area contributed by atoms with Gasteiger partial charge in [0.2, 0.25) is 5.88 Å². The highest BCUT2D eigenvalue weighted by Crippen LogP contribution is 2.08. The number of pyridine rings is 1. The fourth-order valence-electron chi connectivity index (χ4n) is 1.93. The molecule has 0 atom stereocenters. The van der Waals surface area contributed by atoms with Gasteiger partial charge >= 0.3 is 0 Å². The standard InChI is InChI=1S/C17H22N4O2.HI/c1-18-17(20-10-11-23-15-6-4-3-5-7-15)21-13-14-8-9-19-16(12-14)22-2;/h3-9,12H,10-11,13H2,1-2H3,(H2,18,20,21);1H. The first-order chi connectivity index (χ1) is 11.3. The van der Waals surface area contributed by atoms with Crippen LogP contribution in [-0.4, -0.2) is 38.3 Å². The van der Waals surface area contributed by atoms with Crippen molar-refractivity contribution in [3.8, 4) is 11.6 Å². The second-order valence-electron chi connectivity index (χ2n) is 4.72. The Morgan fingerprint density at radius 2 is 1.96 bits per heavy atom. The molecule has 0 aliphatic carbocycles. The zero-order valence-corrected chi connectivity index (χ0v) is 16.2. The number of nitrogens with one attached hydrogen (secondary N) is 2. The summed E-state index contributed by atoms with van der Waals surface area (Å²) < 4.78 is 10.7. The third kappa shape index (κ3) is 7.03. The van der Waals surface area contributed by atoms with Crippen LogP contribution in [0.1, 0.15) is 5.56 Å². The van der Waals surface area contributed by atoms with Gasteiger partial charge in [-0.3, -0.25) is 4.99 Å². The topological polar surface area (TPSA) is 67.8 Å². The van der Waals surface area contributed by atoms with Gasteiger partial charge in [0, 0.05) is 25.9 Å². The number of aliphatic imine (C=N–C) groups is 1. The molecule has 1 heterocycles. The summed E-state index contributed by atoms with van der Waals surface area (Å²) in [5.41, 5.74) is 1.07. The number of halogens is 1. The number of para-hydroxylation sites is 1. The molecule has 0 radical (unpaired) electrons. The molecule has 0 amide bonds. The van der Waals surface area contributed by atoms with Gasteiger partial charge in [-0.2, -0.15) is 0 Å². The Balaban J connectivity index is 0.00000288. The molecule has 0 aliphatic heterocycles. The van der Waals surface area contributed by atoms with E-state index in [9.17, 15) is 0 Å². The highest BCUT2D eigenvalue weighted by Gasteiger charge is 2.00. The number of guanidine groups is 1. The minimum Gasteiger partial charge on any atom is -0.492 e. The fourth-order valence-corrected chi connectivity index (χ4v) is 1.93. The van der Waals surface area contributed by atoms with Gasteiger partial charge in [-0.05, 0) is 23.8 Å². The molecule has 0 aliphatic rings. The summed E-state index contributed by atoms with van der Waals surface area (Å²) in [6.45, 7) is 1.86. The Kier molecular flexibility index (Phi) is 9.59. The van der Waals surface area contributed by atoms with Crippen LogP contribution in [0.5, 0.6) is 11.6 Å². The zero-order chi connectivity index (χ0) is 16.3. The lowest BCUT2D eigenvalue weighted by Crippen LogP contribution is -2.38. The predicted octanol–water partition coefficient (Wildman–Crippen LogP) is 2.45. The summed E-state index contributed by atoms with van der Waals surface area (Å²) in [5.74, 6) is 2.18. The quantitative estimate of drug-likeness (QED) is 0.299. The van der Waals surface area contributed by atoms with Gasteiger partial charge in [-0.1, -0.05) is 18.2 Å². The van der Waals surface area contributed by atoms with E-state index >= 15 is 0 Å². The van der Waals surface area contributed by atoms with E-state index < -0.39 is 0 Å². The number of ether oxygens (including phenoxy) is 2. The van der Waals surface area contributed by atoms with Crippen molar-refractivity contribution in [3.05, 3.63) is 54.2 Å². The summed E-state index contributed by atoms with van der Waals surface area (Å²) in [6.07, 6.45) is 1.72. The molecule has 2 rings (SSSR count).